The first-order valence-corrected chi connectivity index (χ1v) is 9.69. The number of carbonyl (C=O) groups is 2. The summed E-state index contributed by atoms with van der Waals surface area (Å²) in [5.41, 5.74) is 0.909. The summed E-state index contributed by atoms with van der Waals surface area (Å²) in [5, 5.41) is 0.0546. The molecule has 2 amide bonds. The average molecular weight is 438 g/mol. The zero-order valence-corrected chi connectivity index (χ0v) is 16.8. The first-order valence-electron chi connectivity index (χ1n) is 8.12. The molecule has 0 N–H and O–H groups in total. The quantitative estimate of drug-likeness (QED) is 0.414. The molecule has 8 heteroatoms. The summed E-state index contributed by atoms with van der Waals surface area (Å²) in [6.45, 7) is 3.64. The molecule has 144 valence electrons. The van der Waals surface area contributed by atoms with Gasteiger partial charge in [-0.25, -0.2) is 4.39 Å². The maximum Gasteiger partial charge on any atom is 0.293 e. The van der Waals surface area contributed by atoms with E-state index in [1.807, 2.05) is 0 Å². The summed E-state index contributed by atoms with van der Waals surface area (Å²) in [5.74, 6) is -0.577. The fourth-order valence-corrected chi connectivity index (χ4v) is 3.97. The lowest BCUT2D eigenvalue weighted by molar-refractivity contribution is -0.122. The monoisotopic (exact) mass is 437 g/mol. The third-order valence-electron chi connectivity index (χ3n) is 3.83. The Morgan fingerprint density at radius 2 is 1.86 bits per heavy atom. The van der Waals surface area contributed by atoms with E-state index in [2.05, 4.69) is 6.58 Å². The molecule has 1 aliphatic heterocycles. The highest BCUT2D eigenvalue weighted by Gasteiger charge is 2.34. The van der Waals surface area contributed by atoms with Crippen molar-refractivity contribution in [3.63, 3.8) is 0 Å². The summed E-state index contributed by atoms with van der Waals surface area (Å²) >= 11 is 13.3. The molecular formula is C20H14Cl2FNO3S. The summed E-state index contributed by atoms with van der Waals surface area (Å²) < 4.78 is 19.3. The van der Waals surface area contributed by atoms with Gasteiger partial charge in [-0.05, 0) is 41.6 Å². The third kappa shape index (κ3) is 4.41. The molecular weight excluding hydrogens is 424 g/mol. The number of halogens is 3. The van der Waals surface area contributed by atoms with Gasteiger partial charge in [0.15, 0.2) is 5.75 Å². The molecule has 28 heavy (non-hydrogen) atoms. The Hall–Kier alpha value is -2.28. The zero-order valence-electron chi connectivity index (χ0n) is 14.5. The number of ether oxygens (including phenoxy) is 1. The minimum absolute atomic E-state index is 0.0358. The van der Waals surface area contributed by atoms with Crippen LogP contribution >= 0.6 is 35.0 Å². The molecule has 1 fully saturated rings. The predicted molar refractivity (Wildman–Crippen MR) is 110 cm³/mol. The summed E-state index contributed by atoms with van der Waals surface area (Å²) in [6, 6.07) is 9.35. The van der Waals surface area contributed by atoms with Gasteiger partial charge in [-0.2, -0.15) is 0 Å². The van der Waals surface area contributed by atoms with Crippen molar-refractivity contribution in [2.45, 2.75) is 6.61 Å². The molecule has 0 unspecified atom stereocenters. The molecule has 0 aliphatic carbocycles. The van der Waals surface area contributed by atoms with Crippen molar-refractivity contribution >= 4 is 52.2 Å². The Morgan fingerprint density at radius 1 is 1.18 bits per heavy atom. The first kappa shape index (κ1) is 20.5. The van der Waals surface area contributed by atoms with Gasteiger partial charge in [-0.1, -0.05) is 47.5 Å². The number of rotatable bonds is 6. The van der Waals surface area contributed by atoms with Gasteiger partial charge in [0.25, 0.3) is 11.1 Å². The molecule has 0 bridgehead atoms. The van der Waals surface area contributed by atoms with Crippen LogP contribution in [0.1, 0.15) is 11.1 Å². The standard InChI is InChI=1S/C20H14Cl2FNO3S/c1-2-7-24-19(25)17(28-20(24)26)10-12-8-14(21)18(15(22)9-12)27-11-13-5-3-4-6-16(13)23/h2-6,8-10H,1,7,11H2/b17-10+. The lowest BCUT2D eigenvalue weighted by Gasteiger charge is -2.11. The Bertz CT molecular complexity index is 970. The Kier molecular flexibility index (Phi) is 6.44. The van der Waals surface area contributed by atoms with E-state index < -0.39 is 5.91 Å². The molecule has 0 aromatic heterocycles. The molecule has 0 spiro atoms. The van der Waals surface area contributed by atoms with Crippen molar-refractivity contribution in [2.75, 3.05) is 6.54 Å². The maximum atomic E-state index is 13.7. The van der Waals surface area contributed by atoms with Crippen molar-refractivity contribution in [3.05, 3.63) is 80.9 Å². The highest BCUT2D eigenvalue weighted by molar-refractivity contribution is 8.18. The topological polar surface area (TPSA) is 46.6 Å². The highest BCUT2D eigenvalue weighted by Crippen LogP contribution is 2.37. The van der Waals surface area contributed by atoms with E-state index in [1.54, 1.807) is 30.3 Å². The van der Waals surface area contributed by atoms with Crippen LogP contribution in [0.15, 0.2) is 54.0 Å². The smallest absolute Gasteiger partial charge is 0.293 e. The lowest BCUT2D eigenvalue weighted by atomic mass is 10.2. The van der Waals surface area contributed by atoms with Gasteiger partial charge in [0.2, 0.25) is 0 Å². The van der Waals surface area contributed by atoms with Crippen molar-refractivity contribution in [1.82, 2.24) is 4.90 Å². The second-order valence-electron chi connectivity index (χ2n) is 5.77. The van der Waals surface area contributed by atoms with Crippen LogP contribution in [-0.2, 0) is 11.4 Å². The van der Waals surface area contributed by atoms with Crippen molar-refractivity contribution in [2.24, 2.45) is 0 Å². The molecule has 3 rings (SSSR count). The largest absolute Gasteiger partial charge is 0.486 e. The lowest BCUT2D eigenvalue weighted by Crippen LogP contribution is -2.27. The predicted octanol–water partition coefficient (Wildman–Crippen LogP) is 5.93. The van der Waals surface area contributed by atoms with Crippen molar-refractivity contribution < 1.29 is 18.7 Å². The summed E-state index contributed by atoms with van der Waals surface area (Å²) in [6.07, 6.45) is 3.02. The van der Waals surface area contributed by atoms with Gasteiger partial charge in [0, 0.05) is 12.1 Å². The summed E-state index contributed by atoms with van der Waals surface area (Å²) in [4.78, 5) is 25.5. The number of hydrogen-bond acceptors (Lipinski definition) is 4. The minimum Gasteiger partial charge on any atom is -0.486 e. The van der Waals surface area contributed by atoms with Crippen LogP contribution < -0.4 is 4.74 Å². The number of hydrogen-bond donors (Lipinski definition) is 0. The molecule has 1 heterocycles. The maximum absolute atomic E-state index is 13.7. The van der Waals surface area contributed by atoms with Gasteiger partial charge in [-0.15, -0.1) is 6.58 Å². The molecule has 4 nitrogen and oxygen atoms in total. The van der Waals surface area contributed by atoms with Gasteiger partial charge < -0.3 is 4.74 Å². The van der Waals surface area contributed by atoms with Crippen LogP contribution in [-0.4, -0.2) is 22.6 Å². The van der Waals surface area contributed by atoms with Gasteiger partial charge in [0.05, 0.1) is 15.0 Å². The van der Waals surface area contributed by atoms with Gasteiger partial charge in [0.1, 0.15) is 12.4 Å². The number of amides is 2. The van der Waals surface area contributed by atoms with E-state index >= 15 is 0 Å². The van der Waals surface area contributed by atoms with Crippen molar-refractivity contribution in [1.29, 1.82) is 0 Å². The molecule has 0 saturated carbocycles. The average Bonchev–Trinajstić information content (AvgIpc) is 2.90. The fourth-order valence-electron chi connectivity index (χ4n) is 2.50. The highest BCUT2D eigenvalue weighted by atomic mass is 35.5. The number of thioether (sulfide) groups is 1. The van der Waals surface area contributed by atoms with Crippen molar-refractivity contribution in [3.8, 4) is 5.75 Å². The summed E-state index contributed by atoms with van der Waals surface area (Å²) in [7, 11) is 0. The van der Waals surface area contributed by atoms with Gasteiger partial charge in [-0.3, -0.25) is 14.5 Å². The molecule has 1 saturated heterocycles. The molecule has 0 atom stereocenters. The van der Waals surface area contributed by atoms with E-state index in [-0.39, 0.29) is 44.9 Å². The van der Waals surface area contributed by atoms with E-state index in [0.717, 1.165) is 16.7 Å². The minimum atomic E-state index is -0.401. The van der Waals surface area contributed by atoms with Crippen LogP contribution in [0.25, 0.3) is 6.08 Å². The van der Waals surface area contributed by atoms with E-state index in [9.17, 15) is 14.0 Å². The Labute approximate surface area is 175 Å². The van der Waals surface area contributed by atoms with Gasteiger partial charge >= 0.3 is 0 Å². The number of benzene rings is 2. The molecule has 1 aliphatic rings. The van der Waals surface area contributed by atoms with Crippen LogP contribution in [0.3, 0.4) is 0 Å². The van der Waals surface area contributed by atoms with Crippen LogP contribution in [0.4, 0.5) is 9.18 Å². The third-order valence-corrected chi connectivity index (χ3v) is 5.30. The molecule has 2 aromatic carbocycles. The normalized spacial score (nSPS) is 15.4. The Morgan fingerprint density at radius 3 is 2.50 bits per heavy atom. The fraction of sp³-hybridized carbons (Fsp3) is 0.100. The second-order valence-corrected chi connectivity index (χ2v) is 7.58. The number of imide groups is 1. The van der Waals surface area contributed by atoms with E-state index in [0.29, 0.717) is 11.1 Å². The second kappa shape index (κ2) is 8.82. The van der Waals surface area contributed by atoms with Crippen LogP contribution in [0, 0.1) is 5.82 Å². The Balaban J connectivity index is 1.80. The molecule has 0 radical (unpaired) electrons. The van der Waals surface area contributed by atoms with Crippen LogP contribution in [0.5, 0.6) is 5.75 Å². The zero-order chi connectivity index (χ0) is 20.3. The number of nitrogens with zero attached hydrogens (tertiary/aromatic N) is 1. The van der Waals surface area contributed by atoms with E-state index in [1.165, 1.54) is 18.2 Å². The number of carbonyl (C=O) groups excluding carboxylic acids is 2. The first-order chi connectivity index (χ1) is 13.4. The SMILES string of the molecule is C=CCN1C(=O)S/C(=C/c2cc(Cl)c(OCc3ccccc3F)c(Cl)c2)C1=O. The van der Waals surface area contributed by atoms with E-state index in [4.69, 9.17) is 27.9 Å². The van der Waals surface area contributed by atoms with Crippen LogP contribution in [0.2, 0.25) is 10.0 Å². The molecule has 2 aromatic rings.